The van der Waals surface area contributed by atoms with Crippen molar-refractivity contribution in [3.63, 3.8) is 0 Å². The van der Waals surface area contributed by atoms with Crippen LogP contribution in [0.4, 0.5) is 0 Å². The second-order valence-electron chi connectivity index (χ2n) is 11.6. The number of rotatable bonds is 11. The van der Waals surface area contributed by atoms with E-state index in [1.807, 2.05) is 40.1 Å². The second kappa shape index (κ2) is 13.8. The van der Waals surface area contributed by atoms with Crippen LogP contribution in [0.15, 0.2) is 30.3 Å². The molecule has 1 heterocycles. The molecular weight excluding hydrogens is 450 g/mol. The Hall–Kier alpha value is -2.34. The second-order valence-corrected chi connectivity index (χ2v) is 11.6. The van der Waals surface area contributed by atoms with Crippen molar-refractivity contribution >= 4 is 17.9 Å². The van der Waals surface area contributed by atoms with Crippen LogP contribution in [0.1, 0.15) is 71.3 Å². The molecule has 1 saturated heterocycles. The number of nitrogens with zero attached hydrogens (tertiary/aromatic N) is 3. The molecule has 1 aromatic carbocycles. The molecule has 6 heteroatoms. The number of hydrogen-bond donors (Lipinski definition) is 0. The maximum Gasteiger partial charge on any atom is 0.223 e. The largest absolute Gasteiger partial charge is 0.496 e. The predicted octanol–water partition coefficient (Wildman–Crippen LogP) is 5.09. The van der Waals surface area contributed by atoms with Crippen LogP contribution in [0.2, 0.25) is 0 Å². The van der Waals surface area contributed by atoms with Crippen LogP contribution >= 0.6 is 0 Å². The zero-order valence-corrected chi connectivity index (χ0v) is 23.0. The lowest BCUT2D eigenvalue weighted by molar-refractivity contribution is -0.133. The van der Waals surface area contributed by atoms with E-state index in [2.05, 4.69) is 31.7 Å². The Morgan fingerprint density at radius 1 is 1.08 bits per heavy atom. The molecule has 0 radical (unpaired) electrons. The number of para-hydroxylation sites is 1. The van der Waals surface area contributed by atoms with Gasteiger partial charge in [0, 0.05) is 64.2 Å². The fourth-order valence-corrected chi connectivity index (χ4v) is 5.26. The molecule has 200 valence electrons. The van der Waals surface area contributed by atoms with Crippen LogP contribution in [-0.2, 0) is 9.59 Å². The number of piperazine rings is 1. The van der Waals surface area contributed by atoms with Gasteiger partial charge in [-0.1, -0.05) is 76.8 Å². The van der Waals surface area contributed by atoms with Gasteiger partial charge in [0.2, 0.25) is 11.8 Å². The van der Waals surface area contributed by atoms with E-state index >= 15 is 0 Å². The quantitative estimate of drug-likeness (QED) is 0.427. The number of hydrogen-bond acceptors (Lipinski definition) is 4. The van der Waals surface area contributed by atoms with Crippen LogP contribution in [0.3, 0.4) is 0 Å². The normalized spacial score (nSPS) is 17.6. The van der Waals surface area contributed by atoms with Gasteiger partial charge in [-0.2, -0.15) is 0 Å². The zero-order valence-electron chi connectivity index (χ0n) is 23.0. The number of benzene rings is 1. The lowest BCUT2D eigenvalue weighted by atomic mass is 9.91. The highest BCUT2D eigenvalue weighted by atomic mass is 16.5. The summed E-state index contributed by atoms with van der Waals surface area (Å²) in [4.78, 5) is 32.2. The topological polar surface area (TPSA) is 53.1 Å². The van der Waals surface area contributed by atoms with Crippen LogP contribution in [0.25, 0.3) is 6.08 Å². The van der Waals surface area contributed by atoms with Gasteiger partial charge >= 0.3 is 0 Å². The van der Waals surface area contributed by atoms with E-state index in [9.17, 15) is 9.59 Å². The fourth-order valence-electron chi connectivity index (χ4n) is 5.26. The number of methoxy groups -OCH3 is 1. The lowest BCUT2D eigenvalue weighted by Crippen LogP contribution is -2.50. The van der Waals surface area contributed by atoms with E-state index < -0.39 is 0 Å². The Labute approximate surface area is 218 Å². The van der Waals surface area contributed by atoms with Gasteiger partial charge in [-0.15, -0.1) is 0 Å². The van der Waals surface area contributed by atoms with E-state index in [0.717, 1.165) is 56.4 Å². The van der Waals surface area contributed by atoms with Gasteiger partial charge in [0.15, 0.2) is 0 Å². The van der Waals surface area contributed by atoms with Crippen molar-refractivity contribution in [1.82, 2.24) is 14.7 Å². The SMILES string of the molecule is COc1ccccc1C=CCN(CCN1CCN(C(=O)CCC2CCCC2)CC1)C(=O)CC(C)(C)C. The third kappa shape index (κ3) is 9.27. The summed E-state index contributed by atoms with van der Waals surface area (Å²) in [5.74, 6) is 2.11. The van der Waals surface area contributed by atoms with Gasteiger partial charge in [-0.05, 0) is 23.8 Å². The summed E-state index contributed by atoms with van der Waals surface area (Å²) in [5, 5.41) is 0. The number of ether oxygens (including phenoxy) is 1. The van der Waals surface area contributed by atoms with Gasteiger partial charge in [0.25, 0.3) is 0 Å². The lowest BCUT2D eigenvalue weighted by Gasteiger charge is -2.36. The summed E-state index contributed by atoms with van der Waals surface area (Å²) in [6, 6.07) is 7.91. The molecule has 0 atom stereocenters. The third-order valence-corrected chi connectivity index (χ3v) is 7.45. The van der Waals surface area contributed by atoms with Gasteiger partial charge in [0.1, 0.15) is 5.75 Å². The minimum absolute atomic E-state index is 0.0494. The zero-order chi connectivity index (χ0) is 26.0. The predicted molar refractivity (Wildman–Crippen MR) is 147 cm³/mol. The minimum Gasteiger partial charge on any atom is -0.496 e. The average Bonchev–Trinajstić information content (AvgIpc) is 3.38. The van der Waals surface area contributed by atoms with E-state index in [1.54, 1.807) is 7.11 Å². The van der Waals surface area contributed by atoms with Gasteiger partial charge < -0.3 is 14.5 Å². The van der Waals surface area contributed by atoms with Gasteiger partial charge in [-0.3, -0.25) is 14.5 Å². The highest BCUT2D eigenvalue weighted by molar-refractivity contribution is 5.77. The summed E-state index contributed by atoms with van der Waals surface area (Å²) in [7, 11) is 1.68. The van der Waals surface area contributed by atoms with Crippen LogP contribution in [0, 0.1) is 11.3 Å². The third-order valence-electron chi connectivity index (χ3n) is 7.45. The minimum atomic E-state index is -0.0494. The molecule has 2 fully saturated rings. The molecule has 1 aliphatic heterocycles. The molecule has 1 aliphatic carbocycles. The van der Waals surface area contributed by atoms with Crippen molar-refractivity contribution < 1.29 is 14.3 Å². The first-order valence-corrected chi connectivity index (χ1v) is 13.8. The van der Waals surface area contributed by atoms with Crippen LogP contribution in [0.5, 0.6) is 5.75 Å². The van der Waals surface area contributed by atoms with E-state index in [-0.39, 0.29) is 11.3 Å². The molecule has 1 aromatic rings. The van der Waals surface area contributed by atoms with Crippen molar-refractivity contribution in [3.8, 4) is 5.75 Å². The Kier molecular flexibility index (Phi) is 10.8. The molecule has 2 aliphatic rings. The van der Waals surface area contributed by atoms with E-state index in [1.165, 1.54) is 25.7 Å². The molecule has 0 unspecified atom stereocenters. The Morgan fingerprint density at radius 2 is 1.78 bits per heavy atom. The highest BCUT2D eigenvalue weighted by Gasteiger charge is 2.25. The Morgan fingerprint density at radius 3 is 2.44 bits per heavy atom. The Bertz CT molecular complexity index is 862. The van der Waals surface area contributed by atoms with Crippen molar-refractivity contribution in [1.29, 1.82) is 0 Å². The van der Waals surface area contributed by atoms with Crippen molar-refractivity contribution in [2.24, 2.45) is 11.3 Å². The molecule has 1 saturated carbocycles. The summed E-state index contributed by atoms with van der Waals surface area (Å²) in [6.45, 7) is 11.8. The molecule has 0 spiro atoms. The van der Waals surface area contributed by atoms with Gasteiger partial charge in [0.05, 0.1) is 7.11 Å². The fraction of sp³-hybridized carbons (Fsp3) is 0.667. The monoisotopic (exact) mass is 497 g/mol. The summed E-state index contributed by atoms with van der Waals surface area (Å²) >= 11 is 0. The average molecular weight is 498 g/mol. The molecule has 36 heavy (non-hydrogen) atoms. The van der Waals surface area contributed by atoms with Gasteiger partial charge in [-0.25, -0.2) is 0 Å². The first kappa shape index (κ1) is 28.2. The number of amides is 2. The van der Waals surface area contributed by atoms with E-state index in [0.29, 0.717) is 31.8 Å². The number of carbonyl (C=O) groups excluding carboxylic acids is 2. The molecule has 0 aromatic heterocycles. The maximum atomic E-state index is 13.1. The summed E-state index contributed by atoms with van der Waals surface area (Å²) < 4.78 is 5.44. The van der Waals surface area contributed by atoms with E-state index in [4.69, 9.17) is 4.74 Å². The molecule has 0 bridgehead atoms. The molecule has 6 nitrogen and oxygen atoms in total. The number of carbonyl (C=O) groups is 2. The van der Waals surface area contributed by atoms with Crippen molar-refractivity contribution in [2.75, 3.05) is 52.9 Å². The smallest absolute Gasteiger partial charge is 0.223 e. The van der Waals surface area contributed by atoms with Crippen molar-refractivity contribution in [3.05, 3.63) is 35.9 Å². The van der Waals surface area contributed by atoms with Crippen LogP contribution in [-0.4, -0.2) is 79.4 Å². The molecule has 0 N–H and O–H groups in total. The van der Waals surface area contributed by atoms with Crippen molar-refractivity contribution in [2.45, 2.75) is 65.7 Å². The molecule has 2 amide bonds. The summed E-state index contributed by atoms with van der Waals surface area (Å²) in [5.41, 5.74) is 0.962. The first-order valence-electron chi connectivity index (χ1n) is 13.8. The Balaban J connectivity index is 1.48. The highest BCUT2D eigenvalue weighted by Crippen LogP contribution is 2.28. The molecule has 3 rings (SSSR count). The summed E-state index contributed by atoms with van der Waals surface area (Å²) in [6.07, 6.45) is 11.7. The first-order chi connectivity index (χ1) is 17.2. The standard InChI is InChI=1S/C30H47N3O3/c1-30(2,3)24-29(35)32(17-9-13-26-12-7-8-14-27(26)36-4)21-18-31-19-22-33(23-20-31)28(34)16-15-25-10-5-6-11-25/h7-9,12-14,25H,5-6,10-11,15-24H2,1-4H3. The molecular formula is C30H47N3O3. The maximum absolute atomic E-state index is 13.1. The van der Waals surface area contributed by atoms with Crippen LogP contribution < -0.4 is 4.74 Å².